The lowest BCUT2D eigenvalue weighted by atomic mass is 10.1. The Kier molecular flexibility index (Phi) is 4.60. The summed E-state index contributed by atoms with van der Waals surface area (Å²) in [5.74, 6) is 2.42. The molecule has 0 saturated heterocycles. The number of halogens is 1. The number of hydrogen-bond donors (Lipinski definition) is 0. The van der Waals surface area contributed by atoms with Gasteiger partial charge >= 0.3 is 0 Å². The predicted molar refractivity (Wildman–Crippen MR) is 58.6 cm³/mol. The normalized spacial score (nSPS) is 9.93. The van der Waals surface area contributed by atoms with Gasteiger partial charge in [0.05, 0.1) is 14.2 Å². The number of alkyl halides is 1. The standard InChI is InChI=1S/C11H15ClO2/c1-13-10-5-6-11(14-2)9(8-10)4-3-7-12/h5-6,8H,3-4,7H2,1-2H3. The molecule has 1 aromatic carbocycles. The molecule has 0 radical (unpaired) electrons. The summed E-state index contributed by atoms with van der Waals surface area (Å²) < 4.78 is 10.4. The Labute approximate surface area is 89.8 Å². The fourth-order valence-corrected chi connectivity index (χ4v) is 1.47. The minimum absolute atomic E-state index is 0.667. The molecule has 0 aliphatic carbocycles. The van der Waals surface area contributed by atoms with Gasteiger partial charge in [-0.05, 0) is 36.6 Å². The minimum Gasteiger partial charge on any atom is -0.497 e. The molecule has 0 aromatic heterocycles. The van der Waals surface area contributed by atoms with Gasteiger partial charge in [-0.3, -0.25) is 0 Å². The van der Waals surface area contributed by atoms with Crippen molar-refractivity contribution in [3.63, 3.8) is 0 Å². The minimum atomic E-state index is 0.667. The molecule has 0 bridgehead atoms. The van der Waals surface area contributed by atoms with Crippen LogP contribution in [-0.2, 0) is 6.42 Å². The molecule has 0 aliphatic rings. The fourth-order valence-electron chi connectivity index (χ4n) is 1.33. The Morgan fingerprint density at radius 2 is 2.00 bits per heavy atom. The first-order valence-electron chi connectivity index (χ1n) is 4.58. The lowest BCUT2D eigenvalue weighted by Gasteiger charge is -2.09. The lowest BCUT2D eigenvalue weighted by molar-refractivity contribution is 0.398. The number of rotatable bonds is 5. The second-order valence-electron chi connectivity index (χ2n) is 2.97. The molecule has 0 atom stereocenters. The van der Waals surface area contributed by atoms with Gasteiger partial charge in [0.25, 0.3) is 0 Å². The van der Waals surface area contributed by atoms with Crippen molar-refractivity contribution in [3.8, 4) is 11.5 Å². The lowest BCUT2D eigenvalue weighted by Crippen LogP contribution is -1.94. The Bertz CT molecular complexity index is 287. The van der Waals surface area contributed by atoms with Gasteiger partial charge in [0.1, 0.15) is 11.5 Å². The van der Waals surface area contributed by atoms with Crippen LogP contribution in [0.4, 0.5) is 0 Å². The molecular weight excluding hydrogens is 200 g/mol. The van der Waals surface area contributed by atoms with E-state index >= 15 is 0 Å². The fraction of sp³-hybridized carbons (Fsp3) is 0.455. The molecule has 3 heteroatoms. The van der Waals surface area contributed by atoms with Crippen LogP contribution in [0.15, 0.2) is 18.2 Å². The second kappa shape index (κ2) is 5.76. The topological polar surface area (TPSA) is 18.5 Å². The number of methoxy groups -OCH3 is 2. The van der Waals surface area contributed by atoms with Gasteiger partial charge in [-0.15, -0.1) is 11.6 Å². The molecule has 0 heterocycles. The van der Waals surface area contributed by atoms with E-state index in [-0.39, 0.29) is 0 Å². The van der Waals surface area contributed by atoms with E-state index in [1.165, 1.54) is 0 Å². The zero-order chi connectivity index (χ0) is 10.4. The first kappa shape index (κ1) is 11.2. The molecule has 14 heavy (non-hydrogen) atoms. The number of hydrogen-bond acceptors (Lipinski definition) is 2. The van der Waals surface area contributed by atoms with E-state index in [1.807, 2.05) is 18.2 Å². The van der Waals surface area contributed by atoms with Crippen LogP contribution in [0.25, 0.3) is 0 Å². The van der Waals surface area contributed by atoms with E-state index in [0.29, 0.717) is 5.88 Å². The van der Waals surface area contributed by atoms with E-state index in [2.05, 4.69) is 0 Å². The highest BCUT2D eigenvalue weighted by molar-refractivity contribution is 6.17. The maximum absolute atomic E-state index is 5.65. The molecule has 0 unspecified atom stereocenters. The third kappa shape index (κ3) is 2.81. The van der Waals surface area contributed by atoms with Crippen LogP contribution in [0.5, 0.6) is 11.5 Å². The van der Waals surface area contributed by atoms with Crippen LogP contribution in [0.1, 0.15) is 12.0 Å². The average molecular weight is 215 g/mol. The van der Waals surface area contributed by atoms with Crippen LogP contribution in [0, 0.1) is 0 Å². The highest BCUT2D eigenvalue weighted by atomic mass is 35.5. The summed E-state index contributed by atoms with van der Waals surface area (Å²) in [6, 6.07) is 5.80. The van der Waals surface area contributed by atoms with Crippen molar-refractivity contribution in [1.82, 2.24) is 0 Å². The van der Waals surface area contributed by atoms with Gasteiger partial charge in [-0.25, -0.2) is 0 Å². The van der Waals surface area contributed by atoms with Gasteiger partial charge < -0.3 is 9.47 Å². The molecule has 1 aromatic rings. The van der Waals surface area contributed by atoms with Crippen molar-refractivity contribution >= 4 is 11.6 Å². The summed E-state index contributed by atoms with van der Waals surface area (Å²) in [5.41, 5.74) is 1.15. The molecule has 0 N–H and O–H groups in total. The van der Waals surface area contributed by atoms with Gasteiger partial charge in [0.2, 0.25) is 0 Å². The Morgan fingerprint density at radius 3 is 2.57 bits per heavy atom. The van der Waals surface area contributed by atoms with E-state index < -0.39 is 0 Å². The van der Waals surface area contributed by atoms with Crippen molar-refractivity contribution < 1.29 is 9.47 Å². The largest absolute Gasteiger partial charge is 0.497 e. The van der Waals surface area contributed by atoms with E-state index in [1.54, 1.807) is 14.2 Å². The molecule has 0 spiro atoms. The molecule has 2 nitrogen and oxygen atoms in total. The monoisotopic (exact) mass is 214 g/mol. The quantitative estimate of drug-likeness (QED) is 0.702. The maximum atomic E-state index is 5.65. The zero-order valence-electron chi connectivity index (χ0n) is 8.55. The van der Waals surface area contributed by atoms with Crippen LogP contribution in [-0.4, -0.2) is 20.1 Å². The zero-order valence-corrected chi connectivity index (χ0v) is 9.30. The van der Waals surface area contributed by atoms with E-state index in [4.69, 9.17) is 21.1 Å². The predicted octanol–water partition coefficient (Wildman–Crippen LogP) is 2.88. The molecule has 78 valence electrons. The third-order valence-electron chi connectivity index (χ3n) is 2.07. The summed E-state index contributed by atoms with van der Waals surface area (Å²) >= 11 is 5.65. The van der Waals surface area contributed by atoms with Gasteiger partial charge in [0, 0.05) is 5.88 Å². The number of aryl methyl sites for hydroxylation is 1. The van der Waals surface area contributed by atoms with Crippen molar-refractivity contribution in [3.05, 3.63) is 23.8 Å². The second-order valence-corrected chi connectivity index (χ2v) is 3.35. The van der Waals surface area contributed by atoms with E-state index in [9.17, 15) is 0 Å². The maximum Gasteiger partial charge on any atom is 0.122 e. The number of ether oxygens (including phenoxy) is 2. The van der Waals surface area contributed by atoms with Crippen molar-refractivity contribution in [2.24, 2.45) is 0 Å². The molecule has 1 rings (SSSR count). The molecule has 0 saturated carbocycles. The summed E-state index contributed by atoms with van der Waals surface area (Å²) in [7, 11) is 3.33. The van der Waals surface area contributed by atoms with Crippen LogP contribution >= 0.6 is 11.6 Å². The van der Waals surface area contributed by atoms with E-state index in [0.717, 1.165) is 29.9 Å². The Balaban J connectivity index is 2.84. The van der Waals surface area contributed by atoms with Gasteiger partial charge in [0.15, 0.2) is 0 Å². The van der Waals surface area contributed by atoms with Crippen LogP contribution in [0.3, 0.4) is 0 Å². The first-order chi connectivity index (χ1) is 6.81. The molecule has 0 amide bonds. The van der Waals surface area contributed by atoms with Crippen molar-refractivity contribution in [1.29, 1.82) is 0 Å². The smallest absolute Gasteiger partial charge is 0.122 e. The SMILES string of the molecule is COc1ccc(OC)c(CCCCl)c1. The summed E-state index contributed by atoms with van der Waals surface area (Å²) in [6.45, 7) is 0. The molecular formula is C11H15ClO2. The Hall–Kier alpha value is -0.890. The molecule has 0 fully saturated rings. The van der Waals surface area contributed by atoms with Crippen molar-refractivity contribution in [2.45, 2.75) is 12.8 Å². The summed E-state index contributed by atoms with van der Waals surface area (Å²) in [5, 5.41) is 0. The molecule has 0 aliphatic heterocycles. The highest BCUT2D eigenvalue weighted by Gasteiger charge is 2.03. The third-order valence-corrected chi connectivity index (χ3v) is 2.33. The number of benzene rings is 1. The van der Waals surface area contributed by atoms with Gasteiger partial charge in [-0.2, -0.15) is 0 Å². The summed E-state index contributed by atoms with van der Waals surface area (Å²) in [4.78, 5) is 0. The van der Waals surface area contributed by atoms with Gasteiger partial charge in [-0.1, -0.05) is 0 Å². The van der Waals surface area contributed by atoms with Crippen LogP contribution in [0.2, 0.25) is 0 Å². The first-order valence-corrected chi connectivity index (χ1v) is 5.12. The van der Waals surface area contributed by atoms with Crippen LogP contribution < -0.4 is 9.47 Å². The highest BCUT2D eigenvalue weighted by Crippen LogP contribution is 2.25. The Morgan fingerprint density at radius 1 is 1.21 bits per heavy atom. The van der Waals surface area contributed by atoms with Crippen molar-refractivity contribution in [2.75, 3.05) is 20.1 Å². The summed E-state index contributed by atoms with van der Waals surface area (Å²) in [6.07, 6.45) is 1.87. The average Bonchev–Trinajstić information content (AvgIpc) is 2.25.